The molecule has 0 aromatic rings. The summed E-state index contributed by atoms with van der Waals surface area (Å²) in [6.45, 7) is 0. The third-order valence-corrected chi connectivity index (χ3v) is 4.90. The van der Waals surface area contributed by atoms with Crippen molar-refractivity contribution < 1.29 is 15.0 Å². The Morgan fingerprint density at radius 2 is 1.87 bits per heavy atom. The molecule has 1 N–H and O–H groups in total. The van der Waals surface area contributed by atoms with Gasteiger partial charge in [-0.25, -0.2) is 0 Å². The maximum atomic E-state index is 10.8. The molecule has 4 saturated carbocycles. The van der Waals surface area contributed by atoms with Gasteiger partial charge in [-0.1, -0.05) is 0 Å². The van der Waals surface area contributed by atoms with Crippen molar-refractivity contribution in [1.82, 2.24) is 0 Å². The van der Waals surface area contributed by atoms with Crippen molar-refractivity contribution in [3.05, 3.63) is 0 Å². The summed E-state index contributed by atoms with van der Waals surface area (Å²) < 4.78 is 0. The molecule has 0 aromatic carbocycles. The maximum absolute atomic E-state index is 10.8. The minimum atomic E-state index is -0.990. The van der Waals surface area contributed by atoms with Gasteiger partial charge in [0.2, 0.25) is 0 Å². The Bertz CT molecular complexity index is 285. The second kappa shape index (κ2) is 2.97. The second-order valence-electron chi connectivity index (χ2n) is 5.96. The van der Waals surface area contributed by atoms with Crippen LogP contribution in [0.15, 0.2) is 0 Å². The SMILES string of the molecule is O=C([O-])CC12CC3CC(CC(C3)C1O)C2. The molecule has 3 unspecified atom stereocenters. The highest BCUT2D eigenvalue weighted by Gasteiger charge is 2.56. The van der Waals surface area contributed by atoms with Gasteiger partial charge in [-0.05, 0) is 56.3 Å². The Morgan fingerprint density at radius 3 is 2.40 bits per heavy atom. The summed E-state index contributed by atoms with van der Waals surface area (Å²) in [5.41, 5.74) is -0.326. The molecule has 4 aliphatic rings. The van der Waals surface area contributed by atoms with E-state index in [9.17, 15) is 15.0 Å². The van der Waals surface area contributed by atoms with E-state index in [4.69, 9.17) is 0 Å². The van der Waals surface area contributed by atoms with E-state index in [2.05, 4.69) is 0 Å². The van der Waals surface area contributed by atoms with Gasteiger partial charge in [0.1, 0.15) is 0 Å². The van der Waals surface area contributed by atoms with Gasteiger partial charge in [0.15, 0.2) is 0 Å². The van der Waals surface area contributed by atoms with E-state index in [0.29, 0.717) is 17.8 Å². The zero-order valence-corrected chi connectivity index (χ0v) is 8.82. The van der Waals surface area contributed by atoms with E-state index in [0.717, 1.165) is 25.7 Å². The molecule has 4 fully saturated rings. The van der Waals surface area contributed by atoms with Crippen LogP contribution in [0.2, 0.25) is 0 Å². The lowest BCUT2D eigenvalue weighted by Crippen LogP contribution is -2.57. The van der Waals surface area contributed by atoms with Gasteiger partial charge >= 0.3 is 0 Å². The number of carboxylic acids is 1. The van der Waals surface area contributed by atoms with Crippen LogP contribution in [-0.4, -0.2) is 17.2 Å². The van der Waals surface area contributed by atoms with Crippen LogP contribution in [0.1, 0.15) is 38.5 Å². The quantitative estimate of drug-likeness (QED) is 0.712. The number of hydrogen-bond donors (Lipinski definition) is 1. The topological polar surface area (TPSA) is 60.4 Å². The van der Waals surface area contributed by atoms with Crippen LogP contribution in [0, 0.1) is 23.2 Å². The molecule has 4 bridgehead atoms. The molecule has 0 amide bonds. The van der Waals surface area contributed by atoms with Crippen LogP contribution in [-0.2, 0) is 4.79 Å². The van der Waals surface area contributed by atoms with Gasteiger partial charge in [-0.3, -0.25) is 0 Å². The second-order valence-corrected chi connectivity index (χ2v) is 5.96. The largest absolute Gasteiger partial charge is 0.550 e. The van der Waals surface area contributed by atoms with Gasteiger partial charge in [-0.2, -0.15) is 0 Å². The predicted octanol–water partition coefficient (Wildman–Crippen LogP) is 0.314. The van der Waals surface area contributed by atoms with Gasteiger partial charge in [0.05, 0.1) is 6.10 Å². The standard InChI is InChI=1S/C12H18O3/c13-10(14)6-12-4-7-1-8(5-12)3-9(2-7)11(12)15/h7-9,11,15H,1-6H2,(H,13,14)/p-1. The summed E-state index contributed by atoms with van der Waals surface area (Å²) in [5, 5.41) is 21.0. The smallest absolute Gasteiger partial charge is 0.0628 e. The number of carbonyl (C=O) groups excluding carboxylic acids is 1. The number of aliphatic hydroxyl groups is 1. The van der Waals surface area contributed by atoms with Crippen molar-refractivity contribution in [2.75, 3.05) is 0 Å². The van der Waals surface area contributed by atoms with Crippen molar-refractivity contribution in [2.45, 2.75) is 44.6 Å². The molecule has 0 spiro atoms. The third kappa shape index (κ3) is 1.32. The molecular weight excluding hydrogens is 192 g/mol. The lowest BCUT2D eigenvalue weighted by Gasteiger charge is -2.59. The first-order chi connectivity index (χ1) is 7.09. The summed E-state index contributed by atoms with van der Waals surface area (Å²) in [4.78, 5) is 10.8. The van der Waals surface area contributed by atoms with Crippen LogP contribution in [0.3, 0.4) is 0 Å². The zero-order chi connectivity index (χ0) is 10.6. The first-order valence-corrected chi connectivity index (χ1v) is 5.97. The highest BCUT2D eigenvalue weighted by molar-refractivity contribution is 5.65. The van der Waals surface area contributed by atoms with Crippen molar-refractivity contribution in [3.63, 3.8) is 0 Å². The lowest BCUT2D eigenvalue weighted by atomic mass is 9.47. The molecule has 0 heterocycles. The lowest BCUT2D eigenvalue weighted by molar-refractivity contribution is -0.312. The summed E-state index contributed by atoms with van der Waals surface area (Å²) in [5.74, 6) is 0.724. The van der Waals surface area contributed by atoms with E-state index in [1.165, 1.54) is 6.42 Å². The van der Waals surface area contributed by atoms with Crippen LogP contribution < -0.4 is 5.11 Å². The molecule has 15 heavy (non-hydrogen) atoms. The van der Waals surface area contributed by atoms with Crippen molar-refractivity contribution in [3.8, 4) is 0 Å². The molecule has 0 aliphatic heterocycles. The third-order valence-electron chi connectivity index (χ3n) is 4.90. The number of rotatable bonds is 2. The number of carboxylic acid groups (broad SMARTS) is 1. The number of aliphatic carboxylic acids is 1. The number of hydrogen-bond acceptors (Lipinski definition) is 3. The average Bonchev–Trinajstić information content (AvgIpc) is 2.11. The molecule has 0 saturated heterocycles. The molecule has 4 rings (SSSR count). The molecule has 0 radical (unpaired) electrons. The Morgan fingerprint density at radius 1 is 1.27 bits per heavy atom. The Balaban J connectivity index is 1.90. The first-order valence-electron chi connectivity index (χ1n) is 5.97. The molecule has 0 aromatic heterocycles. The van der Waals surface area contributed by atoms with Crippen molar-refractivity contribution >= 4 is 5.97 Å². The molecule has 4 aliphatic carbocycles. The zero-order valence-electron chi connectivity index (χ0n) is 8.82. The van der Waals surface area contributed by atoms with Crippen LogP contribution in [0.4, 0.5) is 0 Å². The molecule has 84 valence electrons. The van der Waals surface area contributed by atoms with E-state index in [1.54, 1.807) is 0 Å². The minimum Gasteiger partial charge on any atom is -0.550 e. The summed E-state index contributed by atoms with van der Waals surface area (Å²) >= 11 is 0. The molecule has 3 atom stereocenters. The van der Waals surface area contributed by atoms with Gasteiger partial charge in [0.25, 0.3) is 0 Å². The fourth-order valence-electron chi connectivity index (χ4n) is 4.72. The van der Waals surface area contributed by atoms with E-state index in [1.807, 2.05) is 0 Å². The monoisotopic (exact) mass is 209 g/mol. The van der Waals surface area contributed by atoms with Gasteiger partial charge in [-0.15, -0.1) is 0 Å². The first kappa shape index (κ1) is 9.64. The van der Waals surface area contributed by atoms with Crippen LogP contribution in [0.25, 0.3) is 0 Å². The normalized spacial score (nSPS) is 52.1. The fourth-order valence-corrected chi connectivity index (χ4v) is 4.72. The van der Waals surface area contributed by atoms with E-state index < -0.39 is 5.97 Å². The number of aliphatic hydroxyl groups excluding tert-OH is 1. The van der Waals surface area contributed by atoms with Crippen molar-refractivity contribution in [1.29, 1.82) is 0 Å². The van der Waals surface area contributed by atoms with Crippen molar-refractivity contribution in [2.24, 2.45) is 23.2 Å². The van der Waals surface area contributed by atoms with Crippen LogP contribution >= 0.6 is 0 Å². The molecule has 3 nitrogen and oxygen atoms in total. The van der Waals surface area contributed by atoms with E-state index >= 15 is 0 Å². The Labute approximate surface area is 89.5 Å². The molecule has 3 heteroatoms. The highest BCUT2D eigenvalue weighted by atomic mass is 16.4. The summed E-state index contributed by atoms with van der Waals surface area (Å²) in [6.07, 6.45) is 5.00. The highest BCUT2D eigenvalue weighted by Crippen LogP contribution is 2.61. The summed E-state index contributed by atoms with van der Waals surface area (Å²) in [6, 6.07) is 0. The summed E-state index contributed by atoms with van der Waals surface area (Å²) in [7, 11) is 0. The van der Waals surface area contributed by atoms with E-state index in [-0.39, 0.29) is 17.9 Å². The maximum Gasteiger partial charge on any atom is 0.0628 e. The van der Waals surface area contributed by atoms with Gasteiger partial charge in [0, 0.05) is 11.4 Å². The van der Waals surface area contributed by atoms with Gasteiger partial charge < -0.3 is 15.0 Å². The fraction of sp³-hybridized carbons (Fsp3) is 0.917. The molecular formula is C12H17O3-. The Kier molecular flexibility index (Phi) is 1.91. The minimum absolute atomic E-state index is 0.0671. The Hall–Kier alpha value is -0.570. The number of carbonyl (C=O) groups is 1. The predicted molar refractivity (Wildman–Crippen MR) is 51.6 cm³/mol. The average molecular weight is 209 g/mol. The van der Waals surface area contributed by atoms with Crippen LogP contribution in [0.5, 0.6) is 0 Å².